The number of hydrogen-bond donors (Lipinski definition) is 1. The van der Waals surface area contributed by atoms with Crippen LogP contribution < -0.4 is 15.2 Å². The van der Waals surface area contributed by atoms with Crippen LogP contribution in [0.15, 0.2) is 29.4 Å². The Morgan fingerprint density at radius 1 is 1.31 bits per heavy atom. The number of hydrogen-bond acceptors (Lipinski definition) is 8. The molecule has 1 aliphatic rings. The van der Waals surface area contributed by atoms with Crippen molar-refractivity contribution in [3.63, 3.8) is 0 Å². The van der Waals surface area contributed by atoms with Gasteiger partial charge in [0.2, 0.25) is 5.91 Å². The maximum Gasteiger partial charge on any atom is 0.232 e. The van der Waals surface area contributed by atoms with Crippen molar-refractivity contribution >= 4 is 45.0 Å². The number of fused-ring (bicyclic) bond motifs is 2. The predicted octanol–water partition coefficient (Wildman–Crippen LogP) is 3.28. The second kappa shape index (κ2) is 8.08. The third-order valence-corrected chi connectivity index (χ3v) is 6.76. The van der Waals surface area contributed by atoms with Crippen LogP contribution >= 0.6 is 23.1 Å². The lowest BCUT2D eigenvalue weighted by molar-refractivity contribution is -0.128. The molecular weight excluding hydrogens is 408 g/mol. The van der Waals surface area contributed by atoms with Crippen molar-refractivity contribution in [2.75, 3.05) is 31.7 Å². The van der Waals surface area contributed by atoms with Gasteiger partial charge in [-0.1, -0.05) is 23.9 Å². The molecule has 0 saturated carbocycles. The number of carbonyl (C=O) groups excluding carboxylic acids is 1. The number of para-hydroxylation sites is 2. The number of ether oxygens (including phenoxy) is 2. The summed E-state index contributed by atoms with van der Waals surface area (Å²) >= 11 is 2.89. The van der Waals surface area contributed by atoms with Crippen molar-refractivity contribution in [2.45, 2.75) is 25.1 Å². The quantitative estimate of drug-likeness (QED) is 0.491. The highest BCUT2D eigenvalue weighted by molar-refractivity contribution is 7.99. The van der Waals surface area contributed by atoms with Crippen molar-refractivity contribution in [3.05, 3.63) is 34.7 Å². The SMILES string of the molecule is Cc1sc2nc(SCC(=O)N(C)C[C@@H]3COc4ccccc4O3)nc(N)c2c1C. The molecular formula is C20H22N4O3S2. The summed E-state index contributed by atoms with van der Waals surface area (Å²) in [4.78, 5) is 25.2. The van der Waals surface area contributed by atoms with E-state index < -0.39 is 0 Å². The number of aryl methyl sites for hydroxylation is 2. The second-order valence-electron chi connectivity index (χ2n) is 6.92. The number of carbonyl (C=O) groups is 1. The molecule has 29 heavy (non-hydrogen) atoms. The lowest BCUT2D eigenvalue weighted by atomic mass is 10.2. The van der Waals surface area contributed by atoms with E-state index in [0.717, 1.165) is 21.5 Å². The van der Waals surface area contributed by atoms with Gasteiger partial charge >= 0.3 is 0 Å². The van der Waals surface area contributed by atoms with Gasteiger partial charge in [0.1, 0.15) is 17.3 Å². The first kappa shape index (κ1) is 19.8. The summed E-state index contributed by atoms with van der Waals surface area (Å²) in [6, 6.07) is 7.54. The smallest absolute Gasteiger partial charge is 0.232 e. The Morgan fingerprint density at radius 2 is 2.07 bits per heavy atom. The number of anilines is 1. The molecule has 3 aromatic rings. The number of nitrogen functional groups attached to an aromatic ring is 1. The molecule has 0 bridgehead atoms. The fraction of sp³-hybridized carbons (Fsp3) is 0.350. The predicted molar refractivity (Wildman–Crippen MR) is 116 cm³/mol. The number of rotatable bonds is 5. The maximum absolute atomic E-state index is 12.6. The van der Waals surface area contributed by atoms with Crippen LogP contribution in [0.4, 0.5) is 5.82 Å². The summed E-state index contributed by atoms with van der Waals surface area (Å²) in [5.41, 5.74) is 7.23. The maximum atomic E-state index is 12.6. The number of benzene rings is 1. The lowest BCUT2D eigenvalue weighted by Gasteiger charge is -2.29. The molecule has 0 spiro atoms. The molecule has 2 N–H and O–H groups in total. The standard InChI is InChI=1S/C20H22N4O3S2/c1-11-12(2)29-19-17(11)18(21)22-20(23-19)28-10-16(25)24(3)8-13-9-26-14-6-4-5-7-15(14)27-13/h4-7,13H,8-10H2,1-3H3,(H2,21,22,23)/t13-/m1/s1. The fourth-order valence-corrected chi connectivity index (χ4v) is 5.01. The Bertz CT molecular complexity index is 1070. The van der Waals surface area contributed by atoms with Gasteiger partial charge in [0.25, 0.3) is 0 Å². The zero-order valence-corrected chi connectivity index (χ0v) is 18.1. The minimum atomic E-state index is -0.204. The average Bonchev–Trinajstić information content (AvgIpc) is 3.00. The molecule has 9 heteroatoms. The van der Waals surface area contributed by atoms with Crippen LogP contribution in [-0.4, -0.2) is 52.8 Å². The van der Waals surface area contributed by atoms with Crippen LogP contribution in [0.25, 0.3) is 10.2 Å². The van der Waals surface area contributed by atoms with Gasteiger partial charge in [0, 0.05) is 11.9 Å². The first-order valence-corrected chi connectivity index (χ1v) is 11.0. The van der Waals surface area contributed by atoms with E-state index in [1.54, 1.807) is 23.3 Å². The van der Waals surface area contributed by atoms with E-state index in [-0.39, 0.29) is 17.8 Å². The highest BCUT2D eigenvalue weighted by atomic mass is 32.2. The molecule has 152 valence electrons. The van der Waals surface area contributed by atoms with Crippen molar-refractivity contribution in [2.24, 2.45) is 0 Å². The van der Waals surface area contributed by atoms with Gasteiger partial charge in [-0.25, -0.2) is 9.97 Å². The summed E-state index contributed by atoms with van der Waals surface area (Å²) in [5.74, 6) is 2.11. The molecule has 3 heterocycles. The number of thioether (sulfide) groups is 1. The summed E-state index contributed by atoms with van der Waals surface area (Å²) in [7, 11) is 1.76. The first-order valence-electron chi connectivity index (χ1n) is 9.21. The lowest BCUT2D eigenvalue weighted by Crippen LogP contribution is -2.42. The van der Waals surface area contributed by atoms with Gasteiger partial charge in [-0.05, 0) is 31.5 Å². The van der Waals surface area contributed by atoms with Crippen LogP contribution in [0.5, 0.6) is 11.5 Å². The van der Waals surface area contributed by atoms with Gasteiger partial charge in [-0.2, -0.15) is 0 Å². The molecule has 4 rings (SSSR count). The largest absolute Gasteiger partial charge is 0.486 e. The van der Waals surface area contributed by atoms with Gasteiger partial charge in [-0.15, -0.1) is 11.3 Å². The van der Waals surface area contributed by atoms with E-state index >= 15 is 0 Å². The number of nitrogens with zero attached hydrogens (tertiary/aromatic N) is 3. The average molecular weight is 431 g/mol. The van der Waals surface area contributed by atoms with E-state index in [9.17, 15) is 4.79 Å². The number of thiophene rings is 1. The van der Waals surface area contributed by atoms with Gasteiger partial charge < -0.3 is 20.1 Å². The van der Waals surface area contributed by atoms with Gasteiger partial charge in [-0.3, -0.25) is 4.79 Å². The zero-order chi connectivity index (χ0) is 20.5. The van der Waals surface area contributed by atoms with Crippen LogP contribution in [0.2, 0.25) is 0 Å². The summed E-state index contributed by atoms with van der Waals surface area (Å²) < 4.78 is 11.6. The zero-order valence-electron chi connectivity index (χ0n) is 16.5. The van der Waals surface area contributed by atoms with E-state index in [2.05, 4.69) is 9.97 Å². The minimum absolute atomic E-state index is 0.0294. The third-order valence-electron chi connectivity index (χ3n) is 4.83. The van der Waals surface area contributed by atoms with Gasteiger partial charge in [0.15, 0.2) is 22.8 Å². The molecule has 0 unspecified atom stereocenters. The fourth-order valence-electron chi connectivity index (χ4n) is 3.12. The van der Waals surface area contributed by atoms with Crippen molar-refractivity contribution in [1.29, 1.82) is 0 Å². The number of amides is 1. The summed E-state index contributed by atoms with van der Waals surface area (Å²) in [6.07, 6.45) is -0.204. The molecule has 1 aromatic carbocycles. The Kier molecular flexibility index (Phi) is 5.51. The van der Waals surface area contributed by atoms with E-state index in [4.69, 9.17) is 15.2 Å². The van der Waals surface area contributed by atoms with Crippen molar-refractivity contribution in [1.82, 2.24) is 14.9 Å². The molecule has 0 fully saturated rings. The molecule has 1 aliphatic heterocycles. The van der Waals surface area contributed by atoms with Crippen LogP contribution in [0.1, 0.15) is 10.4 Å². The minimum Gasteiger partial charge on any atom is -0.486 e. The molecule has 7 nitrogen and oxygen atoms in total. The van der Waals surface area contributed by atoms with E-state index in [1.807, 2.05) is 38.1 Å². The Labute approximate surface area is 177 Å². The van der Waals surface area contributed by atoms with Crippen molar-refractivity contribution < 1.29 is 14.3 Å². The first-order chi connectivity index (χ1) is 13.9. The Hall–Kier alpha value is -2.52. The summed E-state index contributed by atoms with van der Waals surface area (Å²) in [5, 5.41) is 1.43. The molecule has 1 amide bonds. The van der Waals surface area contributed by atoms with E-state index in [1.165, 1.54) is 16.6 Å². The Balaban J connectivity index is 1.35. The topological polar surface area (TPSA) is 90.6 Å². The highest BCUT2D eigenvalue weighted by Crippen LogP contribution is 2.33. The Morgan fingerprint density at radius 3 is 2.86 bits per heavy atom. The summed E-state index contributed by atoms with van der Waals surface area (Å²) in [6.45, 7) is 4.92. The number of likely N-dealkylation sites (N-methyl/N-ethyl adjacent to an activating group) is 1. The second-order valence-corrected chi connectivity index (χ2v) is 9.06. The number of aromatic nitrogens is 2. The van der Waals surface area contributed by atoms with E-state index in [0.29, 0.717) is 29.9 Å². The van der Waals surface area contributed by atoms with Crippen LogP contribution in [0, 0.1) is 13.8 Å². The molecule has 1 atom stereocenters. The monoisotopic (exact) mass is 430 g/mol. The highest BCUT2D eigenvalue weighted by Gasteiger charge is 2.24. The normalized spacial score (nSPS) is 15.5. The molecule has 2 aromatic heterocycles. The molecule has 0 radical (unpaired) electrons. The molecule has 0 saturated heterocycles. The molecule has 0 aliphatic carbocycles. The van der Waals surface area contributed by atoms with Crippen LogP contribution in [0.3, 0.4) is 0 Å². The van der Waals surface area contributed by atoms with Crippen molar-refractivity contribution in [3.8, 4) is 11.5 Å². The number of nitrogens with two attached hydrogens (primary N) is 1. The van der Waals surface area contributed by atoms with Crippen LogP contribution in [-0.2, 0) is 4.79 Å². The van der Waals surface area contributed by atoms with Gasteiger partial charge in [0.05, 0.1) is 17.7 Å². The third kappa shape index (κ3) is 4.11.